The first-order valence-electron chi connectivity index (χ1n) is 5.89. The Morgan fingerprint density at radius 3 is 2.95 bits per heavy atom. The molecule has 0 saturated heterocycles. The molecule has 5 nitrogen and oxygen atoms in total. The van der Waals surface area contributed by atoms with Crippen LogP contribution < -0.4 is 15.8 Å². The number of nitrogen functional groups attached to an aromatic ring is 1. The van der Waals surface area contributed by atoms with Gasteiger partial charge < -0.3 is 15.8 Å². The van der Waals surface area contributed by atoms with Crippen molar-refractivity contribution in [1.29, 1.82) is 0 Å². The van der Waals surface area contributed by atoms with E-state index in [0.717, 1.165) is 16.3 Å². The van der Waals surface area contributed by atoms with Gasteiger partial charge in [0.25, 0.3) is 5.91 Å². The maximum atomic E-state index is 11.6. The number of fused-ring (bicyclic) bond motifs is 1. The Kier molecular flexibility index (Phi) is 2.67. The van der Waals surface area contributed by atoms with Crippen LogP contribution in [0.4, 0.5) is 10.7 Å². The van der Waals surface area contributed by atoms with E-state index < -0.39 is 6.10 Å². The fraction of sp³-hybridized carbons (Fsp3) is 0.231. The molecule has 0 aliphatic carbocycles. The molecular formula is C13H13N3O2S. The molecule has 1 unspecified atom stereocenters. The number of carbonyl (C=O) groups is 1. The van der Waals surface area contributed by atoms with Crippen LogP contribution in [0, 0.1) is 6.92 Å². The number of nitrogens with one attached hydrogen (secondary N) is 1. The number of amides is 1. The standard InChI is InChI=1S/C13H13N3O2S/c1-6-13(17)16-9-5-8(3-4-10(9)18-6)11-12(14)19-7(2)15-11/h3-6H,14H2,1-2H3,(H,16,17). The molecule has 1 aliphatic heterocycles. The summed E-state index contributed by atoms with van der Waals surface area (Å²) in [6, 6.07) is 5.56. The van der Waals surface area contributed by atoms with Gasteiger partial charge in [0.15, 0.2) is 6.10 Å². The van der Waals surface area contributed by atoms with Crippen LogP contribution in [0.15, 0.2) is 18.2 Å². The predicted octanol–water partition coefficient (Wildman–Crippen LogP) is 2.42. The Labute approximate surface area is 114 Å². The van der Waals surface area contributed by atoms with Crippen LogP contribution in [-0.4, -0.2) is 17.0 Å². The Morgan fingerprint density at radius 1 is 1.47 bits per heavy atom. The largest absolute Gasteiger partial charge is 0.479 e. The third-order valence-corrected chi connectivity index (χ3v) is 3.74. The number of aryl methyl sites for hydroxylation is 1. The third-order valence-electron chi connectivity index (χ3n) is 2.94. The number of aromatic nitrogens is 1. The zero-order chi connectivity index (χ0) is 13.6. The van der Waals surface area contributed by atoms with Gasteiger partial charge in [-0.2, -0.15) is 0 Å². The van der Waals surface area contributed by atoms with E-state index in [-0.39, 0.29) is 5.91 Å². The lowest BCUT2D eigenvalue weighted by Crippen LogP contribution is -2.34. The first kappa shape index (κ1) is 12.0. The summed E-state index contributed by atoms with van der Waals surface area (Å²) in [7, 11) is 0. The highest BCUT2D eigenvalue weighted by Gasteiger charge is 2.24. The zero-order valence-corrected chi connectivity index (χ0v) is 11.4. The summed E-state index contributed by atoms with van der Waals surface area (Å²) in [6.07, 6.45) is -0.468. The molecule has 0 fully saturated rings. The fourth-order valence-electron chi connectivity index (χ4n) is 2.01. The number of carbonyl (C=O) groups excluding carboxylic acids is 1. The molecule has 0 spiro atoms. The number of hydrogen-bond donors (Lipinski definition) is 2. The van der Waals surface area contributed by atoms with Crippen LogP contribution >= 0.6 is 11.3 Å². The van der Waals surface area contributed by atoms with Gasteiger partial charge in [-0.3, -0.25) is 4.79 Å². The SMILES string of the molecule is Cc1nc(-c2ccc3c(c2)NC(=O)C(C)O3)c(N)s1. The highest BCUT2D eigenvalue weighted by Crippen LogP contribution is 2.36. The summed E-state index contributed by atoms with van der Waals surface area (Å²) >= 11 is 1.45. The van der Waals surface area contributed by atoms with E-state index in [1.807, 2.05) is 25.1 Å². The van der Waals surface area contributed by atoms with Gasteiger partial charge in [-0.15, -0.1) is 11.3 Å². The highest BCUT2D eigenvalue weighted by molar-refractivity contribution is 7.16. The molecule has 1 atom stereocenters. The monoisotopic (exact) mass is 275 g/mol. The molecule has 2 aromatic rings. The van der Waals surface area contributed by atoms with Gasteiger partial charge in [-0.1, -0.05) is 0 Å². The number of rotatable bonds is 1. The Hall–Kier alpha value is -2.08. The minimum Gasteiger partial charge on any atom is -0.479 e. The predicted molar refractivity (Wildman–Crippen MR) is 75.4 cm³/mol. The third kappa shape index (κ3) is 2.04. The zero-order valence-electron chi connectivity index (χ0n) is 10.6. The van der Waals surface area contributed by atoms with E-state index in [1.165, 1.54) is 11.3 Å². The van der Waals surface area contributed by atoms with Crippen molar-refractivity contribution in [3.63, 3.8) is 0 Å². The molecule has 6 heteroatoms. The number of hydrogen-bond acceptors (Lipinski definition) is 5. The minimum atomic E-state index is -0.468. The maximum absolute atomic E-state index is 11.6. The molecule has 2 heterocycles. The molecule has 0 radical (unpaired) electrons. The van der Waals surface area contributed by atoms with Crippen molar-refractivity contribution in [1.82, 2.24) is 4.98 Å². The molecular weight excluding hydrogens is 262 g/mol. The number of ether oxygens (including phenoxy) is 1. The fourth-order valence-corrected chi connectivity index (χ4v) is 2.72. The van der Waals surface area contributed by atoms with Crippen molar-refractivity contribution in [2.24, 2.45) is 0 Å². The lowest BCUT2D eigenvalue weighted by molar-refractivity contribution is -0.122. The van der Waals surface area contributed by atoms with Gasteiger partial charge in [0.1, 0.15) is 16.4 Å². The topological polar surface area (TPSA) is 77.2 Å². The average molecular weight is 275 g/mol. The van der Waals surface area contributed by atoms with Crippen molar-refractivity contribution in [3.8, 4) is 17.0 Å². The van der Waals surface area contributed by atoms with Gasteiger partial charge in [-0.05, 0) is 32.0 Å². The first-order chi connectivity index (χ1) is 9.04. The van der Waals surface area contributed by atoms with Crippen LogP contribution in [0.5, 0.6) is 5.75 Å². The van der Waals surface area contributed by atoms with E-state index >= 15 is 0 Å². The van der Waals surface area contributed by atoms with Gasteiger partial charge in [0.05, 0.1) is 10.7 Å². The molecule has 0 bridgehead atoms. The molecule has 98 valence electrons. The van der Waals surface area contributed by atoms with Crippen molar-refractivity contribution < 1.29 is 9.53 Å². The van der Waals surface area contributed by atoms with Crippen molar-refractivity contribution in [3.05, 3.63) is 23.2 Å². The van der Waals surface area contributed by atoms with Crippen LogP contribution in [-0.2, 0) is 4.79 Å². The van der Waals surface area contributed by atoms with Crippen LogP contribution in [0.3, 0.4) is 0 Å². The van der Waals surface area contributed by atoms with E-state index in [2.05, 4.69) is 10.3 Å². The van der Waals surface area contributed by atoms with Gasteiger partial charge in [0.2, 0.25) is 0 Å². The van der Waals surface area contributed by atoms with Gasteiger partial charge in [0, 0.05) is 5.56 Å². The molecule has 19 heavy (non-hydrogen) atoms. The second kappa shape index (κ2) is 4.24. The number of thiazole rings is 1. The lowest BCUT2D eigenvalue weighted by Gasteiger charge is -2.23. The van der Waals surface area contributed by atoms with E-state index in [0.29, 0.717) is 16.4 Å². The second-order valence-electron chi connectivity index (χ2n) is 4.41. The molecule has 1 amide bonds. The summed E-state index contributed by atoms with van der Waals surface area (Å²) in [5, 5.41) is 4.41. The Balaban J connectivity index is 2.05. The number of benzene rings is 1. The quantitative estimate of drug-likeness (QED) is 0.838. The maximum Gasteiger partial charge on any atom is 0.265 e. The van der Waals surface area contributed by atoms with Gasteiger partial charge in [-0.25, -0.2) is 4.98 Å². The molecule has 3 N–H and O–H groups in total. The van der Waals surface area contributed by atoms with Crippen molar-refractivity contribution >= 4 is 27.9 Å². The highest BCUT2D eigenvalue weighted by atomic mass is 32.1. The lowest BCUT2D eigenvalue weighted by atomic mass is 10.1. The average Bonchev–Trinajstić information content (AvgIpc) is 2.69. The summed E-state index contributed by atoms with van der Waals surface area (Å²) in [5.41, 5.74) is 8.22. The van der Waals surface area contributed by atoms with E-state index in [9.17, 15) is 4.79 Å². The summed E-state index contributed by atoms with van der Waals surface area (Å²) in [6.45, 7) is 3.63. The van der Waals surface area contributed by atoms with Crippen LogP contribution in [0.2, 0.25) is 0 Å². The van der Waals surface area contributed by atoms with Crippen molar-refractivity contribution in [2.75, 3.05) is 11.1 Å². The minimum absolute atomic E-state index is 0.146. The molecule has 1 aromatic carbocycles. The molecule has 3 rings (SSSR count). The molecule has 0 saturated carbocycles. The van der Waals surface area contributed by atoms with Crippen molar-refractivity contribution in [2.45, 2.75) is 20.0 Å². The molecule has 1 aromatic heterocycles. The van der Waals surface area contributed by atoms with E-state index in [4.69, 9.17) is 10.5 Å². The Bertz CT molecular complexity index is 666. The molecule has 1 aliphatic rings. The summed E-state index contributed by atoms with van der Waals surface area (Å²) in [5.74, 6) is 0.522. The normalized spacial score (nSPS) is 17.6. The summed E-state index contributed by atoms with van der Waals surface area (Å²) < 4.78 is 5.51. The smallest absolute Gasteiger partial charge is 0.265 e. The van der Waals surface area contributed by atoms with Crippen LogP contribution in [0.25, 0.3) is 11.3 Å². The number of nitrogens with two attached hydrogens (primary N) is 1. The number of anilines is 2. The number of nitrogens with zero attached hydrogens (tertiary/aromatic N) is 1. The Morgan fingerprint density at radius 2 is 2.26 bits per heavy atom. The van der Waals surface area contributed by atoms with Crippen LogP contribution in [0.1, 0.15) is 11.9 Å². The van der Waals surface area contributed by atoms with E-state index in [1.54, 1.807) is 6.92 Å². The summed E-state index contributed by atoms with van der Waals surface area (Å²) in [4.78, 5) is 16.0. The first-order valence-corrected chi connectivity index (χ1v) is 6.71. The second-order valence-corrected chi connectivity index (χ2v) is 5.64. The van der Waals surface area contributed by atoms with Gasteiger partial charge >= 0.3 is 0 Å².